The van der Waals surface area contributed by atoms with Gasteiger partial charge in [-0.25, -0.2) is 4.79 Å². The first-order valence-corrected chi connectivity index (χ1v) is 8.00. The molecule has 0 aromatic heterocycles. The largest absolute Gasteiger partial charge is 0.486 e. The van der Waals surface area contributed by atoms with E-state index < -0.39 is 5.60 Å². The fourth-order valence-electron chi connectivity index (χ4n) is 2.39. The minimum atomic E-state index is -0.522. The Labute approximate surface area is 141 Å². The van der Waals surface area contributed by atoms with Crippen LogP contribution in [0.2, 0.25) is 5.02 Å². The molecule has 1 atom stereocenters. The molecule has 1 fully saturated rings. The first-order chi connectivity index (χ1) is 10.8. The standard InChI is InChI=1S/C16H23ClN2O4/c1-16(2,3)23-15(20)19-8-4-5-12(10-19)22-14-9-11(17)6-7-13(14)18-21/h6-7,9,12,18,21H,4-5,8,10H2,1-3H3/t12-/m0/s1. The molecule has 0 radical (unpaired) electrons. The lowest BCUT2D eigenvalue weighted by Crippen LogP contribution is -2.46. The Balaban J connectivity index is 2.02. The lowest BCUT2D eigenvalue weighted by molar-refractivity contribution is 0.00780. The van der Waals surface area contributed by atoms with Crippen molar-refractivity contribution < 1.29 is 19.5 Å². The molecule has 6 nitrogen and oxygen atoms in total. The zero-order valence-corrected chi connectivity index (χ0v) is 14.4. The summed E-state index contributed by atoms with van der Waals surface area (Å²) in [5.41, 5.74) is 2.00. The summed E-state index contributed by atoms with van der Waals surface area (Å²) in [4.78, 5) is 13.8. The maximum absolute atomic E-state index is 12.2. The van der Waals surface area contributed by atoms with Crippen molar-refractivity contribution in [2.45, 2.75) is 45.3 Å². The molecule has 2 N–H and O–H groups in total. The van der Waals surface area contributed by atoms with Crippen LogP contribution in [-0.2, 0) is 4.74 Å². The fourth-order valence-corrected chi connectivity index (χ4v) is 2.55. The van der Waals surface area contributed by atoms with Crippen LogP contribution >= 0.6 is 11.6 Å². The van der Waals surface area contributed by atoms with Gasteiger partial charge in [0.2, 0.25) is 0 Å². The molecule has 1 aromatic carbocycles. The molecule has 1 amide bonds. The van der Waals surface area contributed by atoms with E-state index in [-0.39, 0.29) is 12.2 Å². The average Bonchev–Trinajstić information content (AvgIpc) is 2.46. The smallest absolute Gasteiger partial charge is 0.410 e. The molecule has 0 aliphatic carbocycles. The summed E-state index contributed by atoms with van der Waals surface area (Å²) in [7, 11) is 0. The SMILES string of the molecule is CC(C)(C)OC(=O)N1CCC[C@H](Oc2cc(Cl)ccc2NO)C1. The maximum atomic E-state index is 12.2. The van der Waals surface area contributed by atoms with Crippen molar-refractivity contribution in [2.24, 2.45) is 0 Å². The van der Waals surface area contributed by atoms with Gasteiger partial charge in [-0.15, -0.1) is 0 Å². The third-order valence-corrected chi connectivity index (χ3v) is 3.62. The van der Waals surface area contributed by atoms with Gasteiger partial charge in [-0.05, 0) is 45.7 Å². The van der Waals surface area contributed by atoms with Gasteiger partial charge >= 0.3 is 6.09 Å². The van der Waals surface area contributed by atoms with E-state index in [1.165, 1.54) is 0 Å². The second kappa shape index (κ2) is 7.27. The topological polar surface area (TPSA) is 71.0 Å². The lowest BCUT2D eigenvalue weighted by Gasteiger charge is -2.34. The fraction of sp³-hybridized carbons (Fsp3) is 0.562. The minimum absolute atomic E-state index is 0.179. The predicted octanol–water partition coefficient (Wildman–Crippen LogP) is 3.92. The van der Waals surface area contributed by atoms with Gasteiger partial charge in [0.15, 0.2) is 0 Å². The number of rotatable bonds is 3. The number of nitrogens with zero attached hydrogens (tertiary/aromatic N) is 1. The van der Waals surface area contributed by atoms with Gasteiger partial charge in [-0.3, -0.25) is 10.7 Å². The Morgan fingerprint density at radius 1 is 1.43 bits per heavy atom. The quantitative estimate of drug-likeness (QED) is 0.815. The van der Waals surface area contributed by atoms with E-state index >= 15 is 0 Å². The van der Waals surface area contributed by atoms with Crippen molar-refractivity contribution in [1.29, 1.82) is 0 Å². The molecule has 1 aliphatic rings. The summed E-state index contributed by atoms with van der Waals surface area (Å²) < 4.78 is 11.3. The molecule has 0 saturated carbocycles. The zero-order chi connectivity index (χ0) is 17.0. The molecule has 2 rings (SSSR count). The van der Waals surface area contributed by atoms with Gasteiger partial charge in [0.05, 0.1) is 6.54 Å². The number of carbonyl (C=O) groups is 1. The minimum Gasteiger partial charge on any atom is -0.486 e. The summed E-state index contributed by atoms with van der Waals surface area (Å²) in [5.74, 6) is 0.455. The highest BCUT2D eigenvalue weighted by Crippen LogP contribution is 2.30. The van der Waals surface area contributed by atoms with Gasteiger partial charge < -0.3 is 14.4 Å². The summed E-state index contributed by atoms with van der Waals surface area (Å²) in [6, 6.07) is 4.92. The lowest BCUT2D eigenvalue weighted by atomic mass is 10.1. The highest BCUT2D eigenvalue weighted by atomic mass is 35.5. The third-order valence-electron chi connectivity index (χ3n) is 3.39. The van der Waals surface area contributed by atoms with Crippen LogP contribution in [0.4, 0.5) is 10.5 Å². The highest BCUT2D eigenvalue weighted by Gasteiger charge is 2.29. The Bertz CT molecular complexity index is 560. The summed E-state index contributed by atoms with van der Waals surface area (Å²) in [5, 5.41) is 9.66. The van der Waals surface area contributed by atoms with E-state index in [1.54, 1.807) is 23.1 Å². The monoisotopic (exact) mass is 342 g/mol. The molecule has 1 heterocycles. The van der Waals surface area contributed by atoms with Crippen LogP contribution in [0.25, 0.3) is 0 Å². The van der Waals surface area contributed by atoms with Crippen LogP contribution < -0.4 is 10.2 Å². The van der Waals surface area contributed by atoms with Crippen molar-refractivity contribution in [3.8, 4) is 5.75 Å². The van der Waals surface area contributed by atoms with Gasteiger partial charge in [0.25, 0.3) is 0 Å². The summed E-state index contributed by atoms with van der Waals surface area (Å²) in [6.45, 7) is 6.61. The van der Waals surface area contributed by atoms with Gasteiger partial charge in [0, 0.05) is 17.6 Å². The number of benzene rings is 1. The molecular weight excluding hydrogens is 320 g/mol. The number of likely N-dealkylation sites (tertiary alicyclic amines) is 1. The Hall–Kier alpha value is -1.66. The number of amides is 1. The molecule has 7 heteroatoms. The van der Waals surface area contributed by atoms with E-state index in [4.69, 9.17) is 26.3 Å². The second-order valence-electron chi connectivity index (χ2n) is 6.56. The number of nitrogens with one attached hydrogen (secondary N) is 1. The van der Waals surface area contributed by atoms with Crippen molar-refractivity contribution in [3.63, 3.8) is 0 Å². The van der Waals surface area contributed by atoms with E-state index in [0.717, 1.165) is 12.8 Å². The molecule has 128 valence electrons. The average molecular weight is 343 g/mol. The van der Waals surface area contributed by atoms with E-state index in [9.17, 15) is 4.79 Å². The van der Waals surface area contributed by atoms with Crippen LogP contribution in [0.15, 0.2) is 18.2 Å². The number of piperidine rings is 1. The van der Waals surface area contributed by atoms with Gasteiger partial charge in [-0.1, -0.05) is 11.6 Å². The van der Waals surface area contributed by atoms with Crippen molar-refractivity contribution in [2.75, 3.05) is 18.6 Å². The number of hydrogen-bond acceptors (Lipinski definition) is 5. The predicted molar refractivity (Wildman–Crippen MR) is 88.3 cm³/mol. The molecule has 1 aromatic rings. The van der Waals surface area contributed by atoms with E-state index in [0.29, 0.717) is 29.5 Å². The van der Waals surface area contributed by atoms with Gasteiger partial charge in [-0.2, -0.15) is 0 Å². The molecule has 0 spiro atoms. The van der Waals surface area contributed by atoms with Crippen molar-refractivity contribution in [3.05, 3.63) is 23.2 Å². The second-order valence-corrected chi connectivity index (χ2v) is 7.00. The molecular formula is C16H23ClN2O4. The first kappa shape index (κ1) is 17.7. The number of halogens is 1. The molecule has 0 unspecified atom stereocenters. The van der Waals surface area contributed by atoms with Gasteiger partial charge in [0.1, 0.15) is 23.1 Å². The normalized spacial score (nSPS) is 18.5. The highest BCUT2D eigenvalue weighted by molar-refractivity contribution is 6.30. The molecule has 23 heavy (non-hydrogen) atoms. The maximum Gasteiger partial charge on any atom is 0.410 e. The molecule has 1 saturated heterocycles. The van der Waals surface area contributed by atoms with Crippen LogP contribution in [0, 0.1) is 0 Å². The summed E-state index contributed by atoms with van der Waals surface area (Å²) in [6.07, 6.45) is 1.13. The Morgan fingerprint density at radius 2 is 2.17 bits per heavy atom. The number of anilines is 1. The van der Waals surface area contributed by atoms with Crippen molar-refractivity contribution in [1.82, 2.24) is 4.90 Å². The van der Waals surface area contributed by atoms with Crippen LogP contribution in [0.1, 0.15) is 33.6 Å². The van der Waals surface area contributed by atoms with Crippen LogP contribution in [-0.4, -0.2) is 41.0 Å². The Morgan fingerprint density at radius 3 is 2.83 bits per heavy atom. The van der Waals surface area contributed by atoms with Crippen LogP contribution in [0.5, 0.6) is 5.75 Å². The third kappa shape index (κ3) is 5.18. The summed E-state index contributed by atoms with van der Waals surface area (Å²) >= 11 is 5.97. The van der Waals surface area contributed by atoms with E-state index in [1.807, 2.05) is 20.8 Å². The zero-order valence-electron chi connectivity index (χ0n) is 13.6. The number of ether oxygens (including phenoxy) is 2. The molecule has 1 aliphatic heterocycles. The van der Waals surface area contributed by atoms with Crippen LogP contribution in [0.3, 0.4) is 0 Å². The number of carbonyl (C=O) groups excluding carboxylic acids is 1. The Kier molecular flexibility index (Phi) is 5.59. The van der Waals surface area contributed by atoms with E-state index in [2.05, 4.69) is 5.48 Å². The number of hydrogen-bond donors (Lipinski definition) is 2. The molecule has 0 bridgehead atoms. The van der Waals surface area contributed by atoms with Crippen molar-refractivity contribution >= 4 is 23.4 Å². The first-order valence-electron chi connectivity index (χ1n) is 7.63.